The van der Waals surface area contributed by atoms with Gasteiger partial charge >= 0.3 is 0 Å². The van der Waals surface area contributed by atoms with E-state index in [0.29, 0.717) is 0 Å². The van der Waals surface area contributed by atoms with Crippen LogP contribution in [0.4, 0.5) is 8.78 Å². The second-order valence-corrected chi connectivity index (χ2v) is 5.12. The molecule has 0 aromatic rings. The maximum atomic E-state index is 12.2. The molecule has 94 valence electrons. The molecule has 0 aromatic carbocycles. The molecule has 0 saturated carbocycles. The number of likely N-dealkylation sites (tertiary alicyclic amines) is 1. The van der Waals surface area contributed by atoms with Crippen molar-refractivity contribution >= 4 is 0 Å². The summed E-state index contributed by atoms with van der Waals surface area (Å²) in [5.74, 6) is 1.63. The van der Waals surface area contributed by atoms with Crippen molar-refractivity contribution < 1.29 is 8.78 Å². The van der Waals surface area contributed by atoms with E-state index in [1.165, 1.54) is 12.8 Å². The van der Waals surface area contributed by atoms with Crippen molar-refractivity contribution in [2.45, 2.75) is 32.1 Å². The summed E-state index contributed by atoms with van der Waals surface area (Å²) in [6.45, 7) is 4.00. The number of piperidine rings is 2. The summed E-state index contributed by atoms with van der Waals surface area (Å²) < 4.78 is 24.4. The van der Waals surface area contributed by atoms with Gasteiger partial charge in [0.25, 0.3) is 6.43 Å². The number of rotatable bonds is 3. The first-order valence-corrected chi connectivity index (χ1v) is 6.47. The van der Waals surface area contributed by atoms with Crippen molar-refractivity contribution in [2.75, 3.05) is 32.7 Å². The number of nitrogens with one attached hydrogen (secondary N) is 1. The molecule has 2 fully saturated rings. The SMILES string of the molecule is FC(F)CN1CCC(C2CCNCC2)CC1. The Bertz CT molecular complexity index is 197. The van der Waals surface area contributed by atoms with Crippen molar-refractivity contribution in [2.24, 2.45) is 11.8 Å². The molecule has 0 unspecified atom stereocenters. The third-order valence-corrected chi connectivity index (χ3v) is 4.08. The number of halogens is 2. The van der Waals surface area contributed by atoms with Crippen molar-refractivity contribution in [3.05, 3.63) is 0 Å². The van der Waals surface area contributed by atoms with Crippen LogP contribution in [-0.2, 0) is 0 Å². The first kappa shape index (κ1) is 12.2. The average molecular weight is 232 g/mol. The van der Waals surface area contributed by atoms with Gasteiger partial charge in [0, 0.05) is 0 Å². The Hall–Kier alpha value is -0.220. The van der Waals surface area contributed by atoms with Crippen LogP contribution in [0, 0.1) is 11.8 Å². The van der Waals surface area contributed by atoms with Gasteiger partial charge in [0.05, 0.1) is 6.54 Å². The lowest BCUT2D eigenvalue weighted by Gasteiger charge is -2.37. The van der Waals surface area contributed by atoms with Crippen LogP contribution in [0.2, 0.25) is 0 Å². The topological polar surface area (TPSA) is 15.3 Å². The molecule has 0 aromatic heterocycles. The Balaban J connectivity index is 1.71. The molecule has 0 atom stereocenters. The Morgan fingerprint density at radius 2 is 1.56 bits per heavy atom. The van der Waals surface area contributed by atoms with E-state index in [4.69, 9.17) is 0 Å². The van der Waals surface area contributed by atoms with E-state index < -0.39 is 6.43 Å². The zero-order chi connectivity index (χ0) is 11.4. The van der Waals surface area contributed by atoms with Gasteiger partial charge in [-0.25, -0.2) is 8.78 Å². The number of hydrogen-bond acceptors (Lipinski definition) is 2. The minimum absolute atomic E-state index is 0.0288. The lowest BCUT2D eigenvalue weighted by atomic mass is 9.79. The van der Waals surface area contributed by atoms with E-state index in [2.05, 4.69) is 5.32 Å². The van der Waals surface area contributed by atoms with Crippen molar-refractivity contribution in [1.29, 1.82) is 0 Å². The van der Waals surface area contributed by atoms with Gasteiger partial charge < -0.3 is 5.32 Å². The molecule has 4 heteroatoms. The average Bonchev–Trinajstić information content (AvgIpc) is 2.30. The first-order chi connectivity index (χ1) is 7.75. The van der Waals surface area contributed by atoms with Gasteiger partial charge in [0.1, 0.15) is 0 Å². The minimum Gasteiger partial charge on any atom is -0.317 e. The molecule has 2 aliphatic rings. The number of hydrogen-bond donors (Lipinski definition) is 1. The molecule has 2 heterocycles. The summed E-state index contributed by atoms with van der Waals surface area (Å²) in [4.78, 5) is 1.92. The Kier molecular flexibility index (Phi) is 4.53. The standard InChI is InChI=1S/C12H22F2N2/c13-12(14)9-16-7-3-11(4-8-16)10-1-5-15-6-2-10/h10-12,15H,1-9H2. The van der Waals surface area contributed by atoms with E-state index in [1.807, 2.05) is 4.90 Å². The third-order valence-electron chi connectivity index (χ3n) is 4.08. The zero-order valence-corrected chi connectivity index (χ0v) is 9.80. The lowest BCUT2D eigenvalue weighted by molar-refractivity contribution is 0.0575. The fourth-order valence-electron chi connectivity index (χ4n) is 3.12. The summed E-state index contributed by atoms with van der Waals surface area (Å²) >= 11 is 0. The first-order valence-electron chi connectivity index (χ1n) is 6.47. The summed E-state index contributed by atoms with van der Waals surface area (Å²) in [5.41, 5.74) is 0. The molecule has 0 aliphatic carbocycles. The van der Waals surface area contributed by atoms with Crippen LogP contribution in [0.3, 0.4) is 0 Å². The maximum Gasteiger partial charge on any atom is 0.251 e. The van der Waals surface area contributed by atoms with E-state index >= 15 is 0 Å². The second-order valence-electron chi connectivity index (χ2n) is 5.12. The molecule has 0 amide bonds. The van der Waals surface area contributed by atoms with Crippen molar-refractivity contribution in [3.63, 3.8) is 0 Å². The summed E-state index contributed by atoms with van der Waals surface area (Å²) in [6, 6.07) is 0. The summed E-state index contributed by atoms with van der Waals surface area (Å²) in [6.07, 6.45) is 2.63. The van der Waals surface area contributed by atoms with Gasteiger partial charge in [0.15, 0.2) is 0 Å². The highest BCUT2D eigenvalue weighted by atomic mass is 19.3. The molecule has 16 heavy (non-hydrogen) atoms. The normalized spacial score (nSPS) is 26.4. The maximum absolute atomic E-state index is 12.2. The molecule has 2 nitrogen and oxygen atoms in total. The largest absolute Gasteiger partial charge is 0.317 e. The number of nitrogens with zero attached hydrogens (tertiary/aromatic N) is 1. The molecule has 2 saturated heterocycles. The van der Waals surface area contributed by atoms with E-state index in [0.717, 1.165) is 50.9 Å². The number of alkyl halides is 2. The third kappa shape index (κ3) is 3.39. The molecule has 0 spiro atoms. The van der Waals surface area contributed by atoms with Gasteiger partial charge in [-0.1, -0.05) is 0 Å². The predicted octanol–water partition coefficient (Wildman–Crippen LogP) is 1.96. The molecule has 1 N–H and O–H groups in total. The quantitative estimate of drug-likeness (QED) is 0.800. The van der Waals surface area contributed by atoms with E-state index in [1.54, 1.807) is 0 Å². The van der Waals surface area contributed by atoms with Crippen LogP contribution >= 0.6 is 0 Å². The molecular weight excluding hydrogens is 210 g/mol. The monoisotopic (exact) mass is 232 g/mol. The van der Waals surface area contributed by atoms with Crippen LogP contribution in [-0.4, -0.2) is 44.0 Å². The zero-order valence-electron chi connectivity index (χ0n) is 9.80. The van der Waals surface area contributed by atoms with E-state index in [9.17, 15) is 8.78 Å². The van der Waals surface area contributed by atoms with Crippen molar-refractivity contribution in [3.8, 4) is 0 Å². The van der Waals surface area contributed by atoms with Crippen LogP contribution in [0.5, 0.6) is 0 Å². The lowest BCUT2D eigenvalue weighted by Crippen LogP contribution is -2.40. The Morgan fingerprint density at radius 3 is 2.12 bits per heavy atom. The van der Waals surface area contributed by atoms with Crippen LogP contribution in [0.1, 0.15) is 25.7 Å². The minimum atomic E-state index is -2.17. The summed E-state index contributed by atoms with van der Waals surface area (Å²) in [7, 11) is 0. The van der Waals surface area contributed by atoms with Crippen LogP contribution < -0.4 is 5.32 Å². The molecule has 2 rings (SSSR count). The van der Waals surface area contributed by atoms with Gasteiger partial charge in [-0.05, 0) is 63.7 Å². The predicted molar refractivity (Wildman–Crippen MR) is 60.8 cm³/mol. The van der Waals surface area contributed by atoms with Crippen molar-refractivity contribution in [1.82, 2.24) is 10.2 Å². The molecule has 2 aliphatic heterocycles. The Morgan fingerprint density at radius 1 is 1.00 bits per heavy atom. The summed E-state index contributed by atoms with van der Waals surface area (Å²) in [5, 5.41) is 3.38. The van der Waals surface area contributed by atoms with Gasteiger partial charge in [0.2, 0.25) is 0 Å². The fourth-order valence-corrected chi connectivity index (χ4v) is 3.12. The Labute approximate surface area is 96.4 Å². The van der Waals surface area contributed by atoms with E-state index in [-0.39, 0.29) is 6.54 Å². The smallest absolute Gasteiger partial charge is 0.251 e. The highest BCUT2D eigenvalue weighted by Crippen LogP contribution is 2.30. The fraction of sp³-hybridized carbons (Fsp3) is 1.00. The van der Waals surface area contributed by atoms with Gasteiger partial charge in [-0.3, -0.25) is 4.90 Å². The second kappa shape index (κ2) is 5.92. The molecule has 0 radical (unpaired) electrons. The van der Waals surface area contributed by atoms with Crippen LogP contribution in [0.15, 0.2) is 0 Å². The van der Waals surface area contributed by atoms with Gasteiger partial charge in [-0.15, -0.1) is 0 Å². The highest BCUT2D eigenvalue weighted by Gasteiger charge is 2.28. The molecular formula is C12H22F2N2. The highest BCUT2D eigenvalue weighted by molar-refractivity contribution is 4.81. The molecule has 0 bridgehead atoms. The van der Waals surface area contributed by atoms with Gasteiger partial charge in [-0.2, -0.15) is 0 Å². The van der Waals surface area contributed by atoms with Crippen LogP contribution in [0.25, 0.3) is 0 Å².